The van der Waals surface area contributed by atoms with Crippen LogP contribution in [0.1, 0.15) is 17.4 Å². The molecule has 0 bridgehead atoms. The van der Waals surface area contributed by atoms with Gasteiger partial charge in [0, 0.05) is 7.05 Å². The van der Waals surface area contributed by atoms with Crippen molar-refractivity contribution in [3.05, 3.63) is 29.6 Å². The number of aryl methyl sites for hydroxylation is 2. The summed E-state index contributed by atoms with van der Waals surface area (Å²) in [6.45, 7) is 1.91. The van der Waals surface area contributed by atoms with Gasteiger partial charge in [0.05, 0.1) is 17.1 Å². The van der Waals surface area contributed by atoms with Crippen LogP contribution in [-0.4, -0.2) is 26.7 Å². The van der Waals surface area contributed by atoms with Gasteiger partial charge in [0.2, 0.25) is 0 Å². The minimum Gasteiger partial charge on any atom is -0.480 e. The first-order valence-electron chi connectivity index (χ1n) is 5.58. The molecular formula is C12H16N4O2. The fourth-order valence-electron chi connectivity index (χ4n) is 1.91. The SMILES string of the molecule is Cc1nc2cc(C(N)C(N)C(=O)O)ccc2n1C. The molecule has 6 nitrogen and oxygen atoms in total. The lowest BCUT2D eigenvalue weighted by Crippen LogP contribution is -2.40. The van der Waals surface area contributed by atoms with E-state index in [-0.39, 0.29) is 0 Å². The van der Waals surface area contributed by atoms with Crippen molar-refractivity contribution in [2.24, 2.45) is 18.5 Å². The van der Waals surface area contributed by atoms with E-state index >= 15 is 0 Å². The summed E-state index contributed by atoms with van der Waals surface area (Å²) < 4.78 is 1.96. The normalized spacial score (nSPS) is 14.7. The highest BCUT2D eigenvalue weighted by Crippen LogP contribution is 2.20. The van der Waals surface area contributed by atoms with E-state index in [0.29, 0.717) is 5.56 Å². The second-order valence-electron chi connectivity index (χ2n) is 4.36. The predicted molar refractivity (Wildman–Crippen MR) is 68.0 cm³/mol. The summed E-state index contributed by atoms with van der Waals surface area (Å²) in [4.78, 5) is 15.2. The molecule has 2 aromatic rings. The maximum absolute atomic E-state index is 10.8. The lowest BCUT2D eigenvalue weighted by molar-refractivity contribution is -0.139. The van der Waals surface area contributed by atoms with Gasteiger partial charge >= 0.3 is 5.97 Å². The van der Waals surface area contributed by atoms with Gasteiger partial charge in [-0.25, -0.2) is 4.98 Å². The van der Waals surface area contributed by atoms with Crippen molar-refractivity contribution in [2.45, 2.75) is 19.0 Å². The van der Waals surface area contributed by atoms with Crippen LogP contribution in [0.15, 0.2) is 18.2 Å². The van der Waals surface area contributed by atoms with Crippen molar-refractivity contribution < 1.29 is 9.90 Å². The molecule has 18 heavy (non-hydrogen) atoms. The standard InChI is InChI=1S/C12H16N4O2/c1-6-15-8-5-7(3-4-9(8)16(6)2)10(13)11(14)12(17)18/h3-5,10-11H,13-14H2,1-2H3,(H,17,18). The zero-order valence-electron chi connectivity index (χ0n) is 10.3. The maximum Gasteiger partial charge on any atom is 0.322 e. The molecule has 1 heterocycles. The summed E-state index contributed by atoms with van der Waals surface area (Å²) in [5.74, 6) is -0.224. The Morgan fingerprint density at radius 3 is 2.72 bits per heavy atom. The molecule has 5 N–H and O–H groups in total. The summed E-state index contributed by atoms with van der Waals surface area (Å²) >= 11 is 0. The summed E-state index contributed by atoms with van der Waals surface area (Å²) in [6, 6.07) is 3.59. The smallest absolute Gasteiger partial charge is 0.322 e. The number of benzene rings is 1. The average molecular weight is 248 g/mol. The molecule has 0 saturated carbocycles. The summed E-state index contributed by atoms with van der Waals surface area (Å²) in [6.07, 6.45) is 0. The molecule has 1 aromatic heterocycles. The van der Waals surface area contributed by atoms with Gasteiger partial charge in [-0.05, 0) is 24.6 Å². The van der Waals surface area contributed by atoms with Gasteiger partial charge in [0.25, 0.3) is 0 Å². The number of carboxylic acids is 1. The van der Waals surface area contributed by atoms with E-state index in [9.17, 15) is 4.79 Å². The van der Waals surface area contributed by atoms with Crippen molar-refractivity contribution >= 4 is 17.0 Å². The Bertz CT molecular complexity index is 605. The Balaban J connectivity index is 2.44. The molecular weight excluding hydrogens is 232 g/mol. The zero-order valence-corrected chi connectivity index (χ0v) is 10.3. The third kappa shape index (κ3) is 1.96. The number of imidazole rings is 1. The Morgan fingerprint density at radius 2 is 2.11 bits per heavy atom. The second kappa shape index (κ2) is 4.40. The van der Waals surface area contributed by atoms with Crippen molar-refractivity contribution in [1.82, 2.24) is 9.55 Å². The van der Waals surface area contributed by atoms with Crippen molar-refractivity contribution in [2.75, 3.05) is 0 Å². The van der Waals surface area contributed by atoms with Gasteiger partial charge in [0.1, 0.15) is 11.9 Å². The van der Waals surface area contributed by atoms with E-state index in [1.807, 2.05) is 24.6 Å². The van der Waals surface area contributed by atoms with E-state index < -0.39 is 18.1 Å². The molecule has 0 radical (unpaired) electrons. The zero-order chi connectivity index (χ0) is 13.4. The van der Waals surface area contributed by atoms with Crippen molar-refractivity contribution in [1.29, 1.82) is 0 Å². The van der Waals surface area contributed by atoms with Crippen LogP contribution in [0.3, 0.4) is 0 Å². The highest BCUT2D eigenvalue weighted by molar-refractivity contribution is 5.78. The highest BCUT2D eigenvalue weighted by Gasteiger charge is 2.22. The molecule has 0 aliphatic rings. The number of carbonyl (C=O) groups is 1. The number of hydrogen-bond donors (Lipinski definition) is 3. The Kier molecular flexibility index (Phi) is 3.06. The Morgan fingerprint density at radius 1 is 1.44 bits per heavy atom. The Labute approximate surface area is 104 Å². The van der Waals surface area contributed by atoms with Gasteiger partial charge in [-0.2, -0.15) is 0 Å². The van der Waals surface area contributed by atoms with Crippen LogP contribution in [0.4, 0.5) is 0 Å². The number of aromatic nitrogens is 2. The number of carboxylic acid groups (broad SMARTS) is 1. The van der Waals surface area contributed by atoms with Crippen LogP contribution < -0.4 is 11.5 Å². The topological polar surface area (TPSA) is 107 Å². The predicted octanol–water partition coefficient (Wildman–Crippen LogP) is 0.293. The molecule has 0 aliphatic carbocycles. The molecule has 0 fully saturated rings. The number of nitrogens with two attached hydrogens (primary N) is 2. The van der Waals surface area contributed by atoms with Gasteiger partial charge in [-0.1, -0.05) is 6.07 Å². The largest absolute Gasteiger partial charge is 0.480 e. The van der Waals surface area contributed by atoms with Crippen molar-refractivity contribution in [3.8, 4) is 0 Å². The van der Waals surface area contributed by atoms with Crippen LogP contribution >= 0.6 is 0 Å². The van der Waals surface area contributed by atoms with Gasteiger partial charge in [0.15, 0.2) is 0 Å². The molecule has 96 valence electrons. The highest BCUT2D eigenvalue weighted by atomic mass is 16.4. The molecule has 0 aliphatic heterocycles. The molecule has 0 amide bonds. The fraction of sp³-hybridized carbons (Fsp3) is 0.333. The third-order valence-corrected chi connectivity index (χ3v) is 3.19. The molecule has 1 aromatic carbocycles. The number of rotatable bonds is 3. The summed E-state index contributed by atoms with van der Waals surface area (Å²) in [5, 5.41) is 8.85. The van der Waals surface area contributed by atoms with Gasteiger partial charge in [-0.15, -0.1) is 0 Å². The van der Waals surface area contributed by atoms with Gasteiger partial charge < -0.3 is 21.1 Å². The Hall–Kier alpha value is -1.92. The number of nitrogens with zero attached hydrogens (tertiary/aromatic N) is 2. The third-order valence-electron chi connectivity index (χ3n) is 3.19. The monoisotopic (exact) mass is 248 g/mol. The van der Waals surface area contributed by atoms with Crippen LogP contribution in [0.25, 0.3) is 11.0 Å². The summed E-state index contributed by atoms with van der Waals surface area (Å²) in [7, 11) is 1.92. The minimum absolute atomic E-state index is 0.676. The van der Waals surface area contributed by atoms with Crippen molar-refractivity contribution in [3.63, 3.8) is 0 Å². The molecule has 2 rings (SSSR count). The van der Waals surface area contributed by atoms with Crippen LogP contribution in [-0.2, 0) is 11.8 Å². The van der Waals surface area contributed by atoms with Crippen LogP contribution in [0, 0.1) is 6.92 Å². The molecule has 6 heteroatoms. The minimum atomic E-state index is -1.12. The maximum atomic E-state index is 10.8. The quantitative estimate of drug-likeness (QED) is 0.723. The molecule has 0 spiro atoms. The lowest BCUT2D eigenvalue weighted by Gasteiger charge is -2.16. The van der Waals surface area contributed by atoms with E-state index in [2.05, 4.69) is 4.98 Å². The van der Waals surface area contributed by atoms with Gasteiger partial charge in [-0.3, -0.25) is 4.79 Å². The van der Waals surface area contributed by atoms with E-state index in [0.717, 1.165) is 16.9 Å². The lowest BCUT2D eigenvalue weighted by atomic mass is 10.0. The number of aliphatic carboxylic acids is 1. The molecule has 0 saturated heterocycles. The average Bonchev–Trinajstić information content (AvgIpc) is 2.62. The first-order chi connectivity index (χ1) is 8.41. The fourth-order valence-corrected chi connectivity index (χ4v) is 1.91. The van der Waals surface area contributed by atoms with E-state index in [1.165, 1.54) is 0 Å². The first-order valence-corrected chi connectivity index (χ1v) is 5.58. The molecule has 2 atom stereocenters. The van der Waals surface area contributed by atoms with E-state index in [1.54, 1.807) is 12.1 Å². The van der Waals surface area contributed by atoms with Crippen LogP contribution in [0.5, 0.6) is 0 Å². The number of hydrogen-bond acceptors (Lipinski definition) is 4. The summed E-state index contributed by atoms with van der Waals surface area (Å²) in [5.41, 5.74) is 13.8. The van der Waals surface area contributed by atoms with E-state index in [4.69, 9.17) is 16.6 Å². The number of fused-ring (bicyclic) bond motifs is 1. The first kappa shape index (κ1) is 12.5. The molecule has 2 unspecified atom stereocenters. The second-order valence-corrected chi connectivity index (χ2v) is 4.36. The van der Waals surface area contributed by atoms with Crippen LogP contribution in [0.2, 0.25) is 0 Å².